The van der Waals surface area contributed by atoms with Crippen LogP contribution in [0, 0.1) is 6.92 Å². The van der Waals surface area contributed by atoms with E-state index in [1.165, 1.54) is 18.1 Å². The number of amides is 1. The minimum absolute atomic E-state index is 0.0185. The third kappa shape index (κ3) is 4.96. The Morgan fingerprint density at radius 3 is 2.35 bits per heavy atom. The van der Waals surface area contributed by atoms with Crippen molar-refractivity contribution >= 4 is 29.1 Å². The van der Waals surface area contributed by atoms with Crippen LogP contribution in [0.1, 0.15) is 35.3 Å². The van der Waals surface area contributed by atoms with Crippen molar-refractivity contribution < 1.29 is 9.59 Å². The summed E-state index contributed by atoms with van der Waals surface area (Å²) in [4.78, 5) is 23.5. The van der Waals surface area contributed by atoms with Gasteiger partial charge in [-0.1, -0.05) is 24.3 Å². The number of ketones is 1. The molecule has 0 radical (unpaired) electrons. The van der Waals surface area contributed by atoms with Gasteiger partial charge in [0.1, 0.15) is 0 Å². The van der Waals surface area contributed by atoms with Gasteiger partial charge in [0.25, 0.3) is 0 Å². The number of aryl methyl sites for hydroxylation is 1. The van der Waals surface area contributed by atoms with Crippen molar-refractivity contribution in [2.45, 2.75) is 31.8 Å². The summed E-state index contributed by atoms with van der Waals surface area (Å²) < 4.78 is 0. The number of Topliss-reactive ketones (excluding diaryl/α,β-unsaturated/α-hetero) is 1. The normalized spacial score (nSPS) is 11.8. The Labute approximate surface area is 141 Å². The van der Waals surface area contributed by atoms with Crippen LogP contribution in [-0.4, -0.2) is 16.9 Å². The quantitative estimate of drug-likeness (QED) is 0.797. The lowest BCUT2D eigenvalue weighted by molar-refractivity contribution is -0.115. The molecule has 1 N–H and O–H groups in total. The number of benzene rings is 2. The van der Waals surface area contributed by atoms with Gasteiger partial charge in [-0.3, -0.25) is 9.59 Å². The summed E-state index contributed by atoms with van der Waals surface area (Å²) in [5.41, 5.74) is 3.85. The van der Waals surface area contributed by atoms with Crippen molar-refractivity contribution in [2.24, 2.45) is 0 Å². The van der Waals surface area contributed by atoms with Gasteiger partial charge in [0.05, 0.1) is 5.25 Å². The highest BCUT2D eigenvalue weighted by Gasteiger charge is 2.14. The van der Waals surface area contributed by atoms with Crippen molar-refractivity contribution in [2.75, 3.05) is 5.32 Å². The first-order valence-electron chi connectivity index (χ1n) is 7.55. The Morgan fingerprint density at radius 1 is 1.09 bits per heavy atom. The monoisotopic (exact) mass is 327 g/mol. The van der Waals surface area contributed by atoms with E-state index in [1.54, 1.807) is 36.0 Å². The zero-order valence-electron chi connectivity index (χ0n) is 13.6. The van der Waals surface area contributed by atoms with Crippen LogP contribution < -0.4 is 5.32 Å². The molecule has 0 aromatic heterocycles. The van der Waals surface area contributed by atoms with Gasteiger partial charge in [0.15, 0.2) is 5.78 Å². The largest absolute Gasteiger partial charge is 0.325 e. The maximum absolute atomic E-state index is 12.2. The summed E-state index contributed by atoms with van der Waals surface area (Å²) in [5.74, 6) is 0.800. The maximum Gasteiger partial charge on any atom is 0.237 e. The molecular weight excluding hydrogens is 306 g/mol. The minimum atomic E-state index is -0.151. The number of thioether (sulfide) groups is 1. The second kappa shape index (κ2) is 7.97. The fourth-order valence-electron chi connectivity index (χ4n) is 2.09. The van der Waals surface area contributed by atoms with E-state index in [0.29, 0.717) is 11.3 Å². The second-order valence-electron chi connectivity index (χ2n) is 5.50. The summed E-state index contributed by atoms with van der Waals surface area (Å²) in [6.45, 7) is 5.51. The molecule has 0 spiro atoms. The molecule has 2 rings (SSSR count). The molecule has 0 fully saturated rings. The van der Waals surface area contributed by atoms with Crippen LogP contribution in [0.5, 0.6) is 0 Å². The lowest BCUT2D eigenvalue weighted by Gasteiger charge is -2.13. The van der Waals surface area contributed by atoms with Crippen LogP contribution in [0.15, 0.2) is 48.5 Å². The summed E-state index contributed by atoms with van der Waals surface area (Å²) in [7, 11) is 0. The van der Waals surface area contributed by atoms with E-state index in [9.17, 15) is 9.59 Å². The fourth-order valence-corrected chi connectivity index (χ4v) is 3.06. The van der Waals surface area contributed by atoms with Gasteiger partial charge in [-0.25, -0.2) is 0 Å². The standard InChI is InChI=1S/C19H21NO2S/c1-13-6-4-5-7-17(13)12-23-15(3)19(22)20-18-10-8-16(9-11-18)14(2)21/h4-11,15H,12H2,1-3H3,(H,20,22). The lowest BCUT2D eigenvalue weighted by atomic mass is 10.1. The first-order valence-corrected chi connectivity index (χ1v) is 8.60. The summed E-state index contributed by atoms with van der Waals surface area (Å²) in [5, 5.41) is 2.74. The predicted octanol–water partition coefficient (Wildman–Crippen LogP) is 4.46. The average Bonchev–Trinajstić information content (AvgIpc) is 2.54. The van der Waals surface area contributed by atoms with Gasteiger partial charge >= 0.3 is 0 Å². The molecule has 0 bridgehead atoms. The number of carbonyl (C=O) groups is 2. The highest BCUT2D eigenvalue weighted by molar-refractivity contribution is 7.99. The summed E-state index contributed by atoms with van der Waals surface area (Å²) in [6, 6.07) is 15.2. The highest BCUT2D eigenvalue weighted by atomic mass is 32.2. The molecule has 0 aliphatic heterocycles. The number of carbonyl (C=O) groups excluding carboxylic acids is 2. The molecule has 0 aliphatic carbocycles. The van der Waals surface area contributed by atoms with Crippen LogP contribution in [-0.2, 0) is 10.5 Å². The van der Waals surface area contributed by atoms with E-state index in [-0.39, 0.29) is 16.9 Å². The van der Waals surface area contributed by atoms with E-state index in [1.807, 2.05) is 19.1 Å². The highest BCUT2D eigenvalue weighted by Crippen LogP contribution is 2.21. The Hall–Kier alpha value is -2.07. The van der Waals surface area contributed by atoms with E-state index < -0.39 is 0 Å². The molecule has 4 heteroatoms. The zero-order chi connectivity index (χ0) is 16.8. The van der Waals surface area contributed by atoms with Gasteiger partial charge in [0, 0.05) is 17.0 Å². The topological polar surface area (TPSA) is 46.2 Å². The van der Waals surface area contributed by atoms with Crippen LogP contribution in [0.4, 0.5) is 5.69 Å². The van der Waals surface area contributed by atoms with Crippen molar-refractivity contribution in [3.63, 3.8) is 0 Å². The molecule has 2 aromatic rings. The zero-order valence-corrected chi connectivity index (χ0v) is 14.4. The molecule has 0 saturated carbocycles. The molecule has 1 amide bonds. The summed E-state index contributed by atoms with van der Waals surface area (Å²) >= 11 is 1.61. The third-order valence-electron chi connectivity index (χ3n) is 3.68. The molecule has 0 saturated heterocycles. The van der Waals surface area contributed by atoms with Gasteiger partial charge in [0.2, 0.25) is 5.91 Å². The SMILES string of the molecule is CC(=O)c1ccc(NC(=O)C(C)SCc2ccccc2C)cc1. The molecule has 120 valence electrons. The number of hydrogen-bond acceptors (Lipinski definition) is 3. The third-order valence-corrected chi connectivity index (χ3v) is 4.87. The molecule has 0 aliphatic rings. The van der Waals surface area contributed by atoms with E-state index in [4.69, 9.17) is 0 Å². The van der Waals surface area contributed by atoms with E-state index in [2.05, 4.69) is 24.4 Å². The van der Waals surface area contributed by atoms with E-state index in [0.717, 1.165) is 5.75 Å². The minimum Gasteiger partial charge on any atom is -0.325 e. The van der Waals surface area contributed by atoms with Crippen LogP contribution in [0.2, 0.25) is 0 Å². The predicted molar refractivity (Wildman–Crippen MR) is 97.0 cm³/mol. The van der Waals surface area contributed by atoms with Crippen molar-refractivity contribution in [3.05, 3.63) is 65.2 Å². The molecule has 3 nitrogen and oxygen atoms in total. The molecule has 2 aromatic carbocycles. The first-order chi connectivity index (χ1) is 11.0. The molecular formula is C19H21NO2S. The maximum atomic E-state index is 12.2. The van der Waals surface area contributed by atoms with Crippen LogP contribution in [0.25, 0.3) is 0 Å². The molecule has 1 unspecified atom stereocenters. The number of hydrogen-bond donors (Lipinski definition) is 1. The number of nitrogens with one attached hydrogen (secondary N) is 1. The number of rotatable bonds is 6. The first kappa shape index (κ1) is 17.3. The second-order valence-corrected chi connectivity index (χ2v) is 6.83. The van der Waals surface area contributed by atoms with Crippen LogP contribution in [0.3, 0.4) is 0 Å². The van der Waals surface area contributed by atoms with Crippen molar-refractivity contribution in [1.29, 1.82) is 0 Å². The Bertz CT molecular complexity index is 695. The Kier molecular flexibility index (Phi) is 5.99. The van der Waals surface area contributed by atoms with Crippen molar-refractivity contribution in [3.8, 4) is 0 Å². The number of anilines is 1. The van der Waals surface area contributed by atoms with Gasteiger partial charge in [-0.05, 0) is 56.2 Å². The lowest BCUT2D eigenvalue weighted by Crippen LogP contribution is -2.22. The average molecular weight is 327 g/mol. The Morgan fingerprint density at radius 2 is 1.74 bits per heavy atom. The van der Waals surface area contributed by atoms with Crippen LogP contribution >= 0.6 is 11.8 Å². The Balaban J connectivity index is 1.89. The smallest absolute Gasteiger partial charge is 0.237 e. The fraction of sp³-hybridized carbons (Fsp3) is 0.263. The molecule has 0 heterocycles. The molecule has 23 heavy (non-hydrogen) atoms. The van der Waals surface area contributed by atoms with Gasteiger partial charge < -0.3 is 5.32 Å². The van der Waals surface area contributed by atoms with Gasteiger partial charge in [-0.15, -0.1) is 11.8 Å². The van der Waals surface area contributed by atoms with Gasteiger partial charge in [-0.2, -0.15) is 0 Å². The van der Waals surface area contributed by atoms with E-state index >= 15 is 0 Å². The molecule has 1 atom stereocenters. The summed E-state index contributed by atoms with van der Waals surface area (Å²) in [6.07, 6.45) is 0. The van der Waals surface area contributed by atoms with Crippen molar-refractivity contribution in [1.82, 2.24) is 0 Å².